The van der Waals surface area contributed by atoms with Crippen LogP contribution in [0.15, 0.2) is 40.9 Å². The van der Waals surface area contributed by atoms with Gasteiger partial charge >= 0.3 is 0 Å². The van der Waals surface area contributed by atoms with Gasteiger partial charge in [0.05, 0.1) is 0 Å². The van der Waals surface area contributed by atoms with Gasteiger partial charge in [-0.3, -0.25) is 0 Å². The van der Waals surface area contributed by atoms with E-state index in [1.165, 1.54) is 0 Å². The zero-order valence-electron chi connectivity index (χ0n) is 9.91. The first-order chi connectivity index (χ1) is 8.60. The number of hydrogen-bond donors (Lipinski definition) is 1. The third-order valence-electron chi connectivity index (χ3n) is 2.60. The Kier molecular flexibility index (Phi) is 4.27. The maximum atomic E-state index is 5.93. The fourth-order valence-electron chi connectivity index (χ4n) is 1.61. The molecule has 0 saturated heterocycles. The predicted molar refractivity (Wildman–Crippen MR) is 78.3 cm³/mol. The fourth-order valence-corrected chi connectivity index (χ4v) is 2.06. The standard InChI is InChI=1S/C14H13BrClNO/c1-9-6-12(3-4-13(9)15)18-14-5-2-11(16)7-10(14)8-17/h2-7H,8,17H2,1H3. The van der Waals surface area contributed by atoms with Crippen LogP contribution in [0.25, 0.3) is 0 Å². The molecule has 4 heteroatoms. The van der Waals surface area contributed by atoms with E-state index in [4.69, 9.17) is 22.1 Å². The van der Waals surface area contributed by atoms with Crippen LogP contribution in [0.4, 0.5) is 0 Å². The van der Waals surface area contributed by atoms with Gasteiger partial charge < -0.3 is 10.5 Å². The van der Waals surface area contributed by atoms with Gasteiger partial charge in [-0.05, 0) is 48.9 Å². The van der Waals surface area contributed by atoms with E-state index in [0.29, 0.717) is 11.6 Å². The largest absolute Gasteiger partial charge is 0.457 e. The Morgan fingerprint density at radius 2 is 2.00 bits per heavy atom. The molecule has 0 saturated carbocycles. The van der Waals surface area contributed by atoms with E-state index in [9.17, 15) is 0 Å². The number of aryl methyl sites for hydroxylation is 1. The van der Waals surface area contributed by atoms with Crippen LogP contribution in [0.2, 0.25) is 5.02 Å². The van der Waals surface area contributed by atoms with E-state index < -0.39 is 0 Å². The lowest BCUT2D eigenvalue weighted by atomic mass is 10.2. The molecule has 0 aliphatic rings. The number of benzene rings is 2. The number of hydrogen-bond acceptors (Lipinski definition) is 2. The molecule has 18 heavy (non-hydrogen) atoms. The SMILES string of the molecule is Cc1cc(Oc2ccc(Cl)cc2CN)ccc1Br. The summed E-state index contributed by atoms with van der Waals surface area (Å²) >= 11 is 9.39. The normalized spacial score (nSPS) is 10.4. The van der Waals surface area contributed by atoms with Crippen LogP contribution in [-0.2, 0) is 6.54 Å². The van der Waals surface area contributed by atoms with E-state index in [-0.39, 0.29) is 0 Å². The highest BCUT2D eigenvalue weighted by Gasteiger charge is 2.05. The molecule has 0 atom stereocenters. The maximum Gasteiger partial charge on any atom is 0.132 e. The first-order valence-electron chi connectivity index (χ1n) is 5.52. The van der Waals surface area contributed by atoms with Crippen LogP contribution in [0.1, 0.15) is 11.1 Å². The minimum Gasteiger partial charge on any atom is -0.457 e. The molecule has 0 fully saturated rings. The summed E-state index contributed by atoms with van der Waals surface area (Å²) in [5.74, 6) is 1.52. The molecule has 2 aromatic rings. The van der Waals surface area contributed by atoms with E-state index in [2.05, 4.69) is 15.9 Å². The summed E-state index contributed by atoms with van der Waals surface area (Å²) < 4.78 is 6.89. The van der Waals surface area contributed by atoms with Gasteiger partial charge in [0, 0.05) is 21.6 Å². The smallest absolute Gasteiger partial charge is 0.132 e. The highest BCUT2D eigenvalue weighted by molar-refractivity contribution is 9.10. The van der Waals surface area contributed by atoms with Crippen molar-refractivity contribution in [1.29, 1.82) is 0 Å². The van der Waals surface area contributed by atoms with Gasteiger partial charge in [0.15, 0.2) is 0 Å². The van der Waals surface area contributed by atoms with Crippen LogP contribution in [0, 0.1) is 6.92 Å². The van der Waals surface area contributed by atoms with Crippen LogP contribution < -0.4 is 10.5 Å². The molecule has 0 spiro atoms. The fraction of sp³-hybridized carbons (Fsp3) is 0.143. The van der Waals surface area contributed by atoms with Crippen molar-refractivity contribution in [2.45, 2.75) is 13.5 Å². The number of ether oxygens (including phenoxy) is 1. The molecule has 2 N–H and O–H groups in total. The van der Waals surface area contributed by atoms with Crippen LogP contribution >= 0.6 is 27.5 Å². The summed E-state index contributed by atoms with van der Waals surface area (Å²) in [4.78, 5) is 0. The zero-order chi connectivity index (χ0) is 13.1. The lowest BCUT2D eigenvalue weighted by Crippen LogP contribution is -1.99. The summed E-state index contributed by atoms with van der Waals surface area (Å²) in [6, 6.07) is 11.3. The monoisotopic (exact) mass is 325 g/mol. The number of rotatable bonds is 3. The van der Waals surface area contributed by atoms with Crippen molar-refractivity contribution in [2.75, 3.05) is 0 Å². The third-order valence-corrected chi connectivity index (χ3v) is 3.72. The maximum absolute atomic E-state index is 5.93. The van der Waals surface area contributed by atoms with Gasteiger partial charge in [0.1, 0.15) is 11.5 Å². The molecule has 2 rings (SSSR count). The van der Waals surface area contributed by atoms with Crippen molar-refractivity contribution in [1.82, 2.24) is 0 Å². The molecule has 0 heterocycles. The Morgan fingerprint density at radius 3 is 2.67 bits per heavy atom. The molecule has 0 amide bonds. The summed E-state index contributed by atoms with van der Waals surface area (Å²) in [6.07, 6.45) is 0. The Labute approximate surface area is 120 Å². The van der Waals surface area contributed by atoms with Crippen molar-refractivity contribution in [2.24, 2.45) is 5.73 Å². The molecular formula is C14H13BrClNO. The first-order valence-corrected chi connectivity index (χ1v) is 6.70. The van der Waals surface area contributed by atoms with Crippen LogP contribution in [-0.4, -0.2) is 0 Å². The third kappa shape index (κ3) is 3.05. The highest BCUT2D eigenvalue weighted by atomic mass is 79.9. The number of nitrogens with two attached hydrogens (primary N) is 1. The molecule has 0 aliphatic carbocycles. The molecule has 2 aromatic carbocycles. The van der Waals surface area contributed by atoms with Gasteiger partial charge in [-0.1, -0.05) is 27.5 Å². The summed E-state index contributed by atoms with van der Waals surface area (Å²) in [5.41, 5.74) is 7.69. The molecule has 94 valence electrons. The lowest BCUT2D eigenvalue weighted by Gasteiger charge is -2.11. The summed E-state index contributed by atoms with van der Waals surface area (Å²) in [7, 11) is 0. The van der Waals surface area contributed by atoms with Crippen LogP contribution in [0.5, 0.6) is 11.5 Å². The van der Waals surface area contributed by atoms with Crippen molar-refractivity contribution >= 4 is 27.5 Å². The predicted octanol–water partition coefficient (Wildman–Crippen LogP) is 4.66. The van der Waals surface area contributed by atoms with Gasteiger partial charge in [0.25, 0.3) is 0 Å². The Hall–Kier alpha value is -1.03. The van der Waals surface area contributed by atoms with Crippen molar-refractivity contribution in [3.8, 4) is 11.5 Å². The Morgan fingerprint density at radius 1 is 1.22 bits per heavy atom. The summed E-state index contributed by atoms with van der Waals surface area (Å²) in [6.45, 7) is 2.41. The molecule has 0 unspecified atom stereocenters. The second kappa shape index (κ2) is 5.74. The second-order valence-corrected chi connectivity index (χ2v) is 5.26. The zero-order valence-corrected chi connectivity index (χ0v) is 12.3. The quantitative estimate of drug-likeness (QED) is 0.890. The second-order valence-electron chi connectivity index (χ2n) is 3.97. The first kappa shape index (κ1) is 13.4. The van der Waals surface area contributed by atoms with Crippen molar-refractivity contribution < 1.29 is 4.74 Å². The van der Waals surface area contributed by atoms with E-state index in [0.717, 1.165) is 27.1 Å². The molecule has 0 aromatic heterocycles. The lowest BCUT2D eigenvalue weighted by molar-refractivity contribution is 0.476. The topological polar surface area (TPSA) is 35.2 Å². The van der Waals surface area contributed by atoms with E-state index in [1.54, 1.807) is 6.07 Å². The van der Waals surface area contributed by atoms with Gasteiger partial charge in [-0.25, -0.2) is 0 Å². The molecule has 0 aliphatic heterocycles. The van der Waals surface area contributed by atoms with Crippen molar-refractivity contribution in [3.63, 3.8) is 0 Å². The van der Waals surface area contributed by atoms with Gasteiger partial charge in [-0.2, -0.15) is 0 Å². The average Bonchev–Trinajstić information content (AvgIpc) is 2.36. The molecule has 0 bridgehead atoms. The number of halogens is 2. The average molecular weight is 327 g/mol. The molecule has 2 nitrogen and oxygen atoms in total. The molecular weight excluding hydrogens is 314 g/mol. The Balaban J connectivity index is 2.30. The summed E-state index contributed by atoms with van der Waals surface area (Å²) in [5, 5.41) is 0.662. The minimum absolute atomic E-state index is 0.394. The van der Waals surface area contributed by atoms with E-state index >= 15 is 0 Å². The highest BCUT2D eigenvalue weighted by Crippen LogP contribution is 2.29. The van der Waals surface area contributed by atoms with Gasteiger partial charge in [-0.15, -0.1) is 0 Å². The Bertz CT molecular complexity index is 572. The van der Waals surface area contributed by atoms with Crippen molar-refractivity contribution in [3.05, 3.63) is 57.0 Å². The minimum atomic E-state index is 0.394. The van der Waals surface area contributed by atoms with E-state index in [1.807, 2.05) is 37.3 Å². The van der Waals surface area contributed by atoms with Gasteiger partial charge in [0.2, 0.25) is 0 Å². The van der Waals surface area contributed by atoms with Crippen LogP contribution in [0.3, 0.4) is 0 Å². The molecule has 0 radical (unpaired) electrons.